The highest BCUT2D eigenvalue weighted by molar-refractivity contribution is 5.11. The van der Waals surface area contributed by atoms with Crippen LogP contribution in [0.3, 0.4) is 0 Å². The van der Waals surface area contributed by atoms with E-state index in [1.165, 1.54) is 18.5 Å². The van der Waals surface area contributed by atoms with Crippen molar-refractivity contribution in [1.82, 2.24) is 9.97 Å². The van der Waals surface area contributed by atoms with Crippen molar-refractivity contribution in [2.75, 3.05) is 6.54 Å². The molecule has 0 fully saturated rings. The van der Waals surface area contributed by atoms with Crippen LogP contribution in [0.15, 0.2) is 6.20 Å². The van der Waals surface area contributed by atoms with E-state index >= 15 is 0 Å². The van der Waals surface area contributed by atoms with Crippen molar-refractivity contribution in [3.05, 3.63) is 17.7 Å². The Morgan fingerprint density at radius 1 is 1.27 bits per heavy atom. The van der Waals surface area contributed by atoms with E-state index < -0.39 is 0 Å². The number of unbranched alkanes of at least 4 members (excludes halogenated alkanes) is 2. The molecule has 1 aromatic rings. The average Bonchev–Trinajstić information content (AvgIpc) is 2.60. The van der Waals surface area contributed by atoms with Crippen molar-refractivity contribution in [3.8, 4) is 0 Å². The molecule has 0 aliphatic carbocycles. The molecule has 0 bridgehead atoms. The maximum Gasteiger partial charge on any atom is 0.106 e. The number of hydrogen-bond donors (Lipinski definition) is 2. The lowest BCUT2D eigenvalue weighted by atomic mass is 9.93. The lowest BCUT2D eigenvalue weighted by Gasteiger charge is -2.15. The third kappa shape index (κ3) is 4.04. The van der Waals surface area contributed by atoms with Crippen LogP contribution < -0.4 is 5.73 Å². The van der Waals surface area contributed by atoms with Gasteiger partial charge in [-0.1, -0.05) is 27.2 Å². The average molecular weight is 209 g/mol. The van der Waals surface area contributed by atoms with E-state index in [-0.39, 0.29) is 5.41 Å². The Morgan fingerprint density at radius 3 is 2.53 bits per heavy atom. The van der Waals surface area contributed by atoms with Gasteiger partial charge < -0.3 is 10.7 Å². The molecule has 0 saturated heterocycles. The fourth-order valence-corrected chi connectivity index (χ4v) is 1.48. The first-order chi connectivity index (χ1) is 7.04. The van der Waals surface area contributed by atoms with Gasteiger partial charge in [-0.15, -0.1) is 0 Å². The van der Waals surface area contributed by atoms with Crippen molar-refractivity contribution >= 4 is 0 Å². The number of aryl methyl sites for hydroxylation is 1. The van der Waals surface area contributed by atoms with Gasteiger partial charge in [-0.05, 0) is 19.4 Å². The molecule has 0 spiro atoms. The van der Waals surface area contributed by atoms with Gasteiger partial charge in [-0.25, -0.2) is 4.98 Å². The van der Waals surface area contributed by atoms with Crippen LogP contribution in [0.5, 0.6) is 0 Å². The minimum absolute atomic E-state index is 0.169. The molecule has 3 nitrogen and oxygen atoms in total. The Labute approximate surface area is 92.5 Å². The lowest BCUT2D eigenvalue weighted by Crippen LogP contribution is -2.11. The molecule has 0 atom stereocenters. The predicted molar refractivity (Wildman–Crippen MR) is 63.9 cm³/mol. The second-order valence-electron chi connectivity index (χ2n) is 5.09. The van der Waals surface area contributed by atoms with Gasteiger partial charge in [-0.2, -0.15) is 0 Å². The Hall–Kier alpha value is -0.830. The largest absolute Gasteiger partial charge is 0.345 e. The van der Waals surface area contributed by atoms with Gasteiger partial charge in [0, 0.05) is 23.7 Å². The van der Waals surface area contributed by atoms with E-state index in [9.17, 15) is 0 Å². The predicted octanol–water partition coefficient (Wildman–Crippen LogP) is 2.38. The molecule has 0 aromatic carbocycles. The van der Waals surface area contributed by atoms with Gasteiger partial charge in [0.25, 0.3) is 0 Å². The third-order valence-electron chi connectivity index (χ3n) is 2.55. The number of rotatable bonds is 5. The zero-order valence-corrected chi connectivity index (χ0v) is 10.1. The summed E-state index contributed by atoms with van der Waals surface area (Å²) in [4.78, 5) is 7.78. The Bertz CT molecular complexity index is 283. The summed E-state index contributed by atoms with van der Waals surface area (Å²) in [5, 5.41) is 0. The number of imidazole rings is 1. The first-order valence-corrected chi connectivity index (χ1v) is 5.78. The molecule has 3 N–H and O–H groups in total. The van der Waals surface area contributed by atoms with Gasteiger partial charge in [0.2, 0.25) is 0 Å². The monoisotopic (exact) mass is 209 g/mol. The minimum Gasteiger partial charge on any atom is -0.345 e. The van der Waals surface area contributed by atoms with E-state index in [1.807, 2.05) is 6.20 Å². The van der Waals surface area contributed by atoms with Crippen LogP contribution in [-0.2, 0) is 11.8 Å². The van der Waals surface area contributed by atoms with Crippen molar-refractivity contribution in [1.29, 1.82) is 0 Å². The molecule has 0 aliphatic heterocycles. The smallest absolute Gasteiger partial charge is 0.106 e. The molecule has 86 valence electrons. The number of hydrogen-bond acceptors (Lipinski definition) is 2. The molecule has 1 rings (SSSR count). The molecule has 1 heterocycles. The Kier molecular flexibility index (Phi) is 4.33. The molecule has 0 aliphatic rings. The molecule has 1 aromatic heterocycles. The minimum atomic E-state index is 0.169. The topological polar surface area (TPSA) is 54.7 Å². The lowest BCUT2D eigenvalue weighted by molar-refractivity contribution is 0.569. The summed E-state index contributed by atoms with van der Waals surface area (Å²) < 4.78 is 0. The molecule has 0 amide bonds. The number of nitrogens with one attached hydrogen (secondary N) is 1. The summed E-state index contributed by atoms with van der Waals surface area (Å²) in [5.74, 6) is 1.11. The van der Waals surface area contributed by atoms with Gasteiger partial charge in [0.1, 0.15) is 5.82 Å². The standard InChI is InChI=1S/C12H23N3/c1-12(2,3)10-9-14-11(15-10)7-5-4-6-8-13/h9H,4-8,13H2,1-3H3,(H,14,15). The second-order valence-corrected chi connectivity index (χ2v) is 5.09. The van der Waals surface area contributed by atoms with E-state index in [2.05, 4.69) is 30.7 Å². The zero-order valence-electron chi connectivity index (χ0n) is 10.1. The summed E-state index contributed by atoms with van der Waals surface area (Å²) in [7, 11) is 0. The number of aromatic nitrogens is 2. The quantitative estimate of drug-likeness (QED) is 0.731. The van der Waals surface area contributed by atoms with Crippen LogP contribution in [0.2, 0.25) is 0 Å². The van der Waals surface area contributed by atoms with Crippen LogP contribution >= 0.6 is 0 Å². The molecular weight excluding hydrogens is 186 g/mol. The van der Waals surface area contributed by atoms with Crippen LogP contribution in [0.4, 0.5) is 0 Å². The Morgan fingerprint density at radius 2 is 2.00 bits per heavy atom. The number of aromatic amines is 1. The van der Waals surface area contributed by atoms with Gasteiger partial charge >= 0.3 is 0 Å². The molecule has 3 heteroatoms. The number of H-pyrrole nitrogens is 1. The fraction of sp³-hybridized carbons (Fsp3) is 0.750. The van der Waals surface area contributed by atoms with Crippen LogP contribution in [-0.4, -0.2) is 16.5 Å². The first kappa shape index (κ1) is 12.2. The molecule has 15 heavy (non-hydrogen) atoms. The fourth-order valence-electron chi connectivity index (χ4n) is 1.48. The van der Waals surface area contributed by atoms with Gasteiger partial charge in [0.15, 0.2) is 0 Å². The molecule has 0 saturated carbocycles. The summed E-state index contributed by atoms with van der Waals surface area (Å²) in [6.07, 6.45) is 6.48. The molecular formula is C12H23N3. The van der Waals surface area contributed by atoms with Crippen molar-refractivity contribution in [3.63, 3.8) is 0 Å². The maximum atomic E-state index is 5.45. The van der Waals surface area contributed by atoms with Crippen LogP contribution in [0.1, 0.15) is 51.6 Å². The summed E-state index contributed by atoms with van der Waals surface area (Å²) in [6.45, 7) is 7.38. The van der Waals surface area contributed by atoms with Crippen molar-refractivity contribution < 1.29 is 0 Å². The van der Waals surface area contributed by atoms with Crippen LogP contribution in [0.25, 0.3) is 0 Å². The summed E-state index contributed by atoms with van der Waals surface area (Å²) in [5.41, 5.74) is 6.83. The van der Waals surface area contributed by atoms with Crippen molar-refractivity contribution in [2.45, 2.75) is 51.9 Å². The van der Waals surface area contributed by atoms with E-state index in [0.29, 0.717) is 0 Å². The molecule has 0 unspecified atom stereocenters. The van der Waals surface area contributed by atoms with E-state index in [1.54, 1.807) is 0 Å². The third-order valence-corrected chi connectivity index (χ3v) is 2.55. The highest BCUT2D eigenvalue weighted by Crippen LogP contribution is 2.20. The maximum absolute atomic E-state index is 5.45. The first-order valence-electron chi connectivity index (χ1n) is 5.78. The Balaban J connectivity index is 2.40. The highest BCUT2D eigenvalue weighted by atomic mass is 14.9. The summed E-state index contributed by atoms with van der Waals surface area (Å²) in [6, 6.07) is 0. The molecule has 0 radical (unpaired) electrons. The van der Waals surface area contributed by atoms with Gasteiger partial charge in [-0.3, -0.25) is 0 Å². The van der Waals surface area contributed by atoms with Gasteiger partial charge in [0.05, 0.1) is 0 Å². The second kappa shape index (κ2) is 5.31. The zero-order chi connectivity index (χ0) is 11.3. The normalized spacial score (nSPS) is 12.0. The number of nitrogens with two attached hydrogens (primary N) is 1. The number of nitrogens with zero attached hydrogens (tertiary/aromatic N) is 1. The highest BCUT2D eigenvalue weighted by Gasteiger charge is 2.15. The van der Waals surface area contributed by atoms with Crippen molar-refractivity contribution in [2.24, 2.45) is 5.73 Å². The SMILES string of the molecule is CC(C)(C)c1cnc(CCCCCN)[nH]1. The van der Waals surface area contributed by atoms with E-state index in [0.717, 1.165) is 25.2 Å². The summed E-state index contributed by atoms with van der Waals surface area (Å²) >= 11 is 0. The van der Waals surface area contributed by atoms with E-state index in [4.69, 9.17) is 5.73 Å². The van der Waals surface area contributed by atoms with Crippen LogP contribution in [0, 0.1) is 0 Å².